The Morgan fingerprint density at radius 2 is 2.25 bits per heavy atom. The maximum atomic E-state index is 10.7. The fourth-order valence-electron chi connectivity index (χ4n) is 1.44. The summed E-state index contributed by atoms with van der Waals surface area (Å²) in [5.41, 5.74) is 2.00. The van der Waals surface area contributed by atoms with Gasteiger partial charge in [-0.2, -0.15) is 5.10 Å². The number of nitrogens with zero attached hydrogens (tertiary/aromatic N) is 1. The second kappa shape index (κ2) is 4.76. The number of ether oxygens (including phenoxy) is 1. The van der Waals surface area contributed by atoms with Gasteiger partial charge in [0.1, 0.15) is 6.61 Å². The van der Waals surface area contributed by atoms with Gasteiger partial charge in [0.25, 0.3) is 0 Å². The van der Waals surface area contributed by atoms with E-state index in [9.17, 15) is 4.79 Å². The minimum Gasteiger partial charge on any atom is -0.369 e. The van der Waals surface area contributed by atoms with Crippen molar-refractivity contribution in [2.75, 3.05) is 0 Å². The van der Waals surface area contributed by atoms with Gasteiger partial charge < -0.3 is 4.74 Å². The van der Waals surface area contributed by atoms with E-state index in [4.69, 9.17) is 4.74 Å². The van der Waals surface area contributed by atoms with Crippen LogP contribution in [0.5, 0.6) is 0 Å². The zero-order chi connectivity index (χ0) is 11.4. The molecule has 1 aromatic heterocycles. The highest BCUT2D eigenvalue weighted by Gasteiger charge is 1.98. The van der Waals surface area contributed by atoms with Crippen molar-refractivity contribution >= 4 is 0 Å². The fraction of sp³-hybridized carbons (Fsp3) is 0.273. The maximum Gasteiger partial charge on any atom is 0.340 e. The SMILES string of the molecule is Cc1cccc(COCc2n[nH]c(=O)[nH]2)c1. The van der Waals surface area contributed by atoms with Crippen LogP contribution in [0.4, 0.5) is 0 Å². The molecule has 0 aliphatic rings. The third kappa shape index (κ3) is 2.80. The number of hydrogen-bond acceptors (Lipinski definition) is 3. The lowest BCUT2D eigenvalue weighted by Gasteiger charge is -2.02. The molecule has 0 radical (unpaired) electrons. The van der Waals surface area contributed by atoms with Crippen LogP contribution in [0.3, 0.4) is 0 Å². The highest BCUT2D eigenvalue weighted by atomic mass is 16.5. The van der Waals surface area contributed by atoms with Crippen LogP contribution in [0.2, 0.25) is 0 Å². The monoisotopic (exact) mass is 219 g/mol. The summed E-state index contributed by atoms with van der Waals surface area (Å²) < 4.78 is 5.42. The third-order valence-corrected chi connectivity index (χ3v) is 2.14. The van der Waals surface area contributed by atoms with Gasteiger partial charge in [-0.05, 0) is 12.5 Å². The van der Waals surface area contributed by atoms with Gasteiger partial charge in [-0.1, -0.05) is 29.8 Å². The first-order valence-corrected chi connectivity index (χ1v) is 5.01. The van der Waals surface area contributed by atoms with Crippen molar-refractivity contribution in [3.05, 3.63) is 51.7 Å². The molecule has 2 N–H and O–H groups in total. The second-order valence-corrected chi connectivity index (χ2v) is 3.61. The molecule has 0 aliphatic carbocycles. The average molecular weight is 219 g/mol. The van der Waals surface area contributed by atoms with E-state index in [0.29, 0.717) is 19.0 Å². The lowest BCUT2D eigenvalue weighted by Crippen LogP contribution is -2.02. The first-order valence-electron chi connectivity index (χ1n) is 5.01. The smallest absolute Gasteiger partial charge is 0.340 e. The second-order valence-electron chi connectivity index (χ2n) is 3.61. The van der Waals surface area contributed by atoms with Crippen LogP contribution in [0.15, 0.2) is 29.1 Å². The number of H-pyrrole nitrogens is 2. The molecule has 5 heteroatoms. The van der Waals surface area contributed by atoms with E-state index in [2.05, 4.69) is 21.2 Å². The van der Waals surface area contributed by atoms with Gasteiger partial charge in [0, 0.05) is 0 Å². The van der Waals surface area contributed by atoms with Crippen LogP contribution in [-0.4, -0.2) is 15.2 Å². The van der Waals surface area contributed by atoms with Crippen LogP contribution < -0.4 is 5.69 Å². The molecule has 0 atom stereocenters. The van der Waals surface area contributed by atoms with Gasteiger partial charge in [0.2, 0.25) is 0 Å². The number of aromatic amines is 2. The van der Waals surface area contributed by atoms with Gasteiger partial charge in [0.05, 0.1) is 6.61 Å². The molecular formula is C11H13N3O2. The molecule has 2 rings (SSSR count). The summed E-state index contributed by atoms with van der Waals surface area (Å²) >= 11 is 0. The highest BCUT2D eigenvalue weighted by molar-refractivity contribution is 5.21. The van der Waals surface area contributed by atoms with E-state index in [-0.39, 0.29) is 5.69 Å². The molecule has 0 fully saturated rings. The van der Waals surface area contributed by atoms with Crippen LogP contribution in [0.25, 0.3) is 0 Å². The average Bonchev–Trinajstić information content (AvgIpc) is 2.64. The van der Waals surface area contributed by atoms with Crippen molar-refractivity contribution in [3.8, 4) is 0 Å². The van der Waals surface area contributed by atoms with E-state index in [1.807, 2.05) is 25.1 Å². The molecular weight excluding hydrogens is 206 g/mol. The number of nitrogens with one attached hydrogen (secondary N) is 2. The molecule has 1 aromatic carbocycles. The summed E-state index contributed by atoms with van der Waals surface area (Å²) in [6.07, 6.45) is 0. The van der Waals surface area contributed by atoms with Crippen LogP contribution >= 0.6 is 0 Å². The zero-order valence-electron chi connectivity index (χ0n) is 8.99. The Kier molecular flexibility index (Phi) is 3.16. The van der Waals surface area contributed by atoms with Crippen molar-refractivity contribution in [3.63, 3.8) is 0 Å². The number of rotatable bonds is 4. The fourth-order valence-corrected chi connectivity index (χ4v) is 1.44. The highest BCUT2D eigenvalue weighted by Crippen LogP contribution is 2.05. The summed E-state index contributed by atoms with van der Waals surface area (Å²) in [6.45, 7) is 2.85. The maximum absolute atomic E-state index is 10.7. The first-order chi connectivity index (χ1) is 7.74. The van der Waals surface area contributed by atoms with Gasteiger partial charge >= 0.3 is 5.69 Å². The van der Waals surface area contributed by atoms with E-state index < -0.39 is 0 Å². The van der Waals surface area contributed by atoms with Gasteiger partial charge in [-0.25, -0.2) is 9.89 Å². The number of aryl methyl sites for hydroxylation is 1. The summed E-state index contributed by atoms with van der Waals surface area (Å²) in [5, 5.41) is 6.03. The van der Waals surface area contributed by atoms with Gasteiger partial charge in [-0.15, -0.1) is 0 Å². The Bertz CT molecular complexity index is 516. The van der Waals surface area contributed by atoms with Crippen LogP contribution in [0.1, 0.15) is 17.0 Å². The Balaban J connectivity index is 1.86. The summed E-state index contributed by atoms with van der Waals surface area (Å²) in [7, 11) is 0. The largest absolute Gasteiger partial charge is 0.369 e. The molecule has 5 nitrogen and oxygen atoms in total. The quantitative estimate of drug-likeness (QED) is 0.809. The molecule has 0 amide bonds. The van der Waals surface area contributed by atoms with E-state index in [0.717, 1.165) is 5.56 Å². The van der Waals surface area contributed by atoms with Crippen LogP contribution in [-0.2, 0) is 18.0 Å². The normalized spacial score (nSPS) is 10.6. The van der Waals surface area contributed by atoms with E-state index in [1.165, 1.54) is 5.56 Å². The molecule has 16 heavy (non-hydrogen) atoms. The van der Waals surface area contributed by atoms with E-state index in [1.54, 1.807) is 0 Å². The van der Waals surface area contributed by atoms with Crippen LogP contribution in [0, 0.1) is 6.92 Å². The standard InChI is InChI=1S/C11H13N3O2/c1-8-3-2-4-9(5-8)6-16-7-10-12-11(15)14-13-10/h2-5H,6-7H2,1H3,(H2,12,13,14,15). The number of aromatic nitrogens is 3. The molecule has 0 saturated carbocycles. The Hall–Kier alpha value is -1.88. The topological polar surface area (TPSA) is 70.8 Å². The Morgan fingerprint density at radius 3 is 2.94 bits per heavy atom. The molecule has 0 saturated heterocycles. The minimum absolute atomic E-state index is 0.298. The predicted octanol–water partition coefficient (Wildman–Crippen LogP) is 1.12. The van der Waals surface area contributed by atoms with Gasteiger partial charge in [0.15, 0.2) is 5.82 Å². The molecule has 0 spiro atoms. The number of benzene rings is 1. The Morgan fingerprint density at radius 1 is 1.38 bits per heavy atom. The molecule has 2 aromatic rings. The van der Waals surface area contributed by atoms with E-state index >= 15 is 0 Å². The zero-order valence-corrected chi connectivity index (χ0v) is 8.99. The van der Waals surface area contributed by atoms with Crippen molar-refractivity contribution < 1.29 is 4.74 Å². The molecule has 0 bridgehead atoms. The first kappa shape index (κ1) is 10.6. The third-order valence-electron chi connectivity index (χ3n) is 2.14. The summed E-state index contributed by atoms with van der Waals surface area (Å²) in [4.78, 5) is 13.3. The molecule has 84 valence electrons. The van der Waals surface area contributed by atoms with Gasteiger partial charge in [-0.3, -0.25) is 4.98 Å². The van der Waals surface area contributed by atoms with Crippen molar-refractivity contribution in [1.29, 1.82) is 0 Å². The minimum atomic E-state index is -0.311. The summed E-state index contributed by atoms with van der Waals surface area (Å²) in [6, 6.07) is 8.09. The number of hydrogen-bond donors (Lipinski definition) is 2. The predicted molar refractivity (Wildman–Crippen MR) is 58.9 cm³/mol. The molecule has 0 aliphatic heterocycles. The lowest BCUT2D eigenvalue weighted by molar-refractivity contribution is 0.102. The van der Waals surface area contributed by atoms with Crippen molar-refractivity contribution in [2.45, 2.75) is 20.1 Å². The van der Waals surface area contributed by atoms with Crippen molar-refractivity contribution in [1.82, 2.24) is 15.2 Å². The molecule has 1 heterocycles. The molecule has 0 unspecified atom stereocenters. The Labute approximate surface area is 92.5 Å². The summed E-state index contributed by atoms with van der Waals surface area (Å²) in [5.74, 6) is 0.512. The van der Waals surface area contributed by atoms with Crippen molar-refractivity contribution in [2.24, 2.45) is 0 Å². The lowest BCUT2D eigenvalue weighted by atomic mass is 10.1.